The molecule has 1 rings (SSSR count). The van der Waals surface area contributed by atoms with Gasteiger partial charge >= 0.3 is 18.0 Å². The molecule has 0 bridgehead atoms. The van der Waals surface area contributed by atoms with Gasteiger partial charge in [0.2, 0.25) is 0 Å². The average molecular weight is 274 g/mol. The maximum absolute atomic E-state index is 11.5. The Kier molecular flexibility index (Phi) is 5.56. The van der Waals surface area contributed by atoms with Gasteiger partial charge in [0, 0.05) is 19.6 Å². The fraction of sp³-hybridized carbons (Fsp3) is 0.727. The SMILES string of the molecule is COC1CC(NC(=O)N[C@@H](CCC(=O)O)C(=O)O)C1. The molecule has 0 aromatic rings. The molecule has 1 fully saturated rings. The van der Waals surface area contributed by atoms with Gasteiger partial charge in [-0.2, -0.15) is 0 Å². The largest absolute Gasteiger partial charge is 0.481 e. The number of urea groups is 1. The zero-order valence-electron chi connectivity index (χ0n) is 10.6. The van der Waals surface area contributed by atoms with Crippen molar-refractivity contribution < 1.29 is 29.3 Å². The number of hydrogen-bond acceptors (Lipinski definition) is 4. The van der Waals surface area contributed by atoms with E-state index in [2.05, 4.69) is 10.6 Å². The average Bonchev–Trinajstić information content (AvgIpc) is 2.27. The molecule has 0 aromatic carbocycles. The summed E-state index contributed by atoms with van der Waals surface area (Å²) in [6.45, 7) is 0. The van der Waals surface area contributed by atoms with E-state index in [0.29, 0.717) is 12.8 Å². The first-order valence-corrected chi connectivity index (χ1v) is 5.96. The maximum Gasteiger partial charge on any atom is 0.326 e. The molecule has 1 aliphatic rings. The summed E-state index contributed by atoms with van der Waals surface area (Å²) in [7, 11) is 1.59. The third-order valence-corrected chi connectivity index (χ3v) is 3.01. The molecule has 0 spiro atoms. The summed E-state index contributed by atoms with van der Waals surface area (Å²) in [5.74, 6) is -2.35. The van der Waals surface area contributed by atoms with E-state index >= 15 is 0 Å². The second kappa shape index (κ2) is 6.93. The molecule has 0 aliphatic heterocycles. The summed E-state index contributed by atoms with van der Waals surface area (Å²) < 4.78 is 5.05. The van der Waals surface area contributed by atoms with E-state index in [9.17, 15) is 14.4 Å². The van der Waals surface area contributed by atoms with Gasteiger partial charge in [0.05, 0.1) is 6.10 Å². The highest BCUT2D eigenvalue weighted by Gasteiger charge is 2.31. The zero-order chi connectivity index (χ0) is 14.4. The standard InChI is InChI=1S/C11H18N2O6/c1-19-7-4-6(5-7)12-11(18)13-8(10(16)17)2-3-9(14)15/h6-8H,2-5H2,1H3,(H,14,15)(H,16,17)(H2,12,13,18)/t6?,7?,8-/m0/s1. The van der Waals surface area contributed by atoms with Gasteiger partial charge in [-0.1, -0.05) is 0 Å². The quantitative estimate of drug-likeness (QED) is 0.508. The Labute approximate surface area is 110 Å². The van der Waals surface area contributed by atoms with Crippen LogP contribution >= 0.6 is 0 Å². The number of hydrogen-bond donors (Lipinski definition) is 4. The van der Waals surface area contributed by atoms with Crippen LogP contribution in [0.5, 0.6) is 0 Å². The van der Waals surface area contributed by atoms with Crippen LogP contribution < -0.4 is 10.6 Å². The summed E-state index contributed by atoms with van der Waals surface area (Å²) in [4.78, 5) is 32.8. The van der Waals surface area contributed by atoms with E-state index in [-0.39, 0.29) is 25.0 Å². The smallest absolute Gasteiger partial charge is 0.326 e. The summed E-state index contributed by atoms with van der Waals surface area (Å²) >= 11 is 0. The highest BCUT2D eigenvalue weighted by atomic mass is 16.5. The van der Waals surface area contributed by atoms with Crippen LogP contribution in [0.1, 0.15) is 25.7 Å². The lowest BCUT2D eigenvalue weighted by Gasteiger charge is -2.34. The molecule has 1 saturated carbocycles. The highest BCUT2D eigenvalue weighted by Crippen LogP contribution is 2.22. The van der Waals surface area contributed by atoms with Gasteiger partial charge in [-0.05, 0) is 19.3 Å². The van der Waals surface area contributed by atoms with Crippen LogP contribution in [0.15, 0.2) is 0 Å². The Bertz CT molecular complexity index is 353. The van der Waals surface area contributed by atoms with Gasteiger partial charge in [0.15, 0.2) is 0 Å². The summed E-state index contributed by atoms with van der Waals surface area (Å²) in [6.07, 6.45) is 1.05. The highest BCUT2D eigenvalue weighted by molar-refractivity contribution is 5.83. The third kappa shape index (κ3) is 5.12. The number of methoxy groups -OCH3 is 1. The predicted octanol–water partition coefficient (Wildman–Crippen LogP) is -0.219. The lowest BCUT2D eigenvalue weighted by Crippen LogP contribution is -2.53. The van der Waals surface area contributed by atoms with E-state index in [4.69, 9.17) is 14.9 Å². The van der Waals surface area contributed by atoms with Crippen LogP contribution in [0.25, 0.3) is 0 Å². The monoisotopic (exact) mass is 274 g/mol. The van der Waals surface area contributed by atoms with Gasteiger partial charge in [-0.15, -0.1) is 0 Å². The number of carboxylic acid groups (broad SMARTS) is 2. The van der Waals surface area contributed by atoms with E-state index in [1.165, 1.54) is 0 Å². The number of carbonyl (C=O) groups is 3. The van der Waals surface area contributed by atoms with E-state index in [1.54, 1.807) is 7.11 Å². The molecule has 4 N–H and O–H groups in total. The number of carbonyl (C=O) groups excluding carboxylic acids is 1. The van der Waals surface area contributed by atoms with Gasteiger partial charge in [-0.25, -0.2) is 9.59 Å². The number of rotatable bonds is 7. The van der Waals surface area contributed by atoms with Gasteiger partial charge in [0.1, 0.15) is 6.04 Å². The van der Waals surface area contributed by atoms with Crippen LogP contribution in [0.2, 0.25) is 0 Å². The fourth-order valence-corrected chi connectivity index (χ4v) is 1.79. The van der Waals surface area contributed by atoms with Crippen molar-refractivity contribution in [2.24, 2.45) is 0 Å². The Morgan fingerprint density at radius 3 is 2.42 bits per heavy atom. The number of carboxylic acids is 2. The molecule has 0 radical (unpaired) electrons. The summed E-state index contributed by atoms with van der Waals surface area (Å²) in [5, 5.41) is 22.2. The van der Waals surface area contributed by atoms with Crippen LogP contribution in [0.3, 0.4) is 0 Å². The van der Waals surface area contributed by atoms with Gasteiger partial charge in [-0.3, -0.25) is 4.79 Å². The minimum Gasteiger partial charge on any atom is -0.481 e. The maximum atomic E-state index is 11.5. The Hall–Kier alpha value is -1.83. The number of ether oxygens (including phenoxy) is 1. The molecule has 108 valence electrons. The van der Waals surface area contributed by atoms with Crippen molar-refractivity contribution >= 4 is 18.0 Å². The fourth-order valence-electron chi connectivity index (χ4n) is 1.79. The first-order valence-electron chi connectivity index (χ1n) is 5.96. The van der Waals surface area contributed by atoms with Crippen LogP contribution in [0, 0.1) is 0 Å². The zero-order valence-corrected chi connectivity index (χ0v) is 10.6. The summed E-state index contributed by atoms with van der Waals surface area (Å²) in [5.41, 5.74) is 0. The Balaban J connectivity index is 2.31. The topological polar surface area (TPSA) is 125 Å². The molecule has 0 aromatic heterocycles. The second-order valence-corrected chi connectivity index (χ2v) is 4.47. The molecule has 8 nitrogen and oxygen atoms in total. The van der Waals surface area contributed by atoms with Crippen molar-refractivity contribution in [2.45, 2.75) is 43.9 Å². The number of amides is 2. The Morgan fingerprint density at radius 2 is 1.95 bits per heavy atom. The number of nitrogens with one attached hydrogen (secondary N) is 2. The van der Waals surface area contributed by atoms with Gasteiger partial charge < -0.3 is 25.6 Å². The predicted molar refractivity (Wildman–Crippen MR) is 63.8 cm³/mol. The summed E-state index contributed by atoms with van der Waals surface area (Å²) in [6, 6.07) is -1.83. The first-order chi connectivity index (χ1) is 8.92. The molecular weight excluding hydrogens is 256 g/mol. The number of aliphatic carboxylic acids is 2. The molecule has 1 atom stereocenters. The lowest BCUT2D eigenvalue weighted by molar-refractivity contribution is -0.140. The molecule has 1 aliphatic carbocycles. The van der Waals surface area contributed by atoms with Crippen LogP contribution in [-0.4, -0.2) is 53.5 Å². The lowest BCUT2D eigenvalue weighted by atomic mass is 9.89. The molecule has 19 heavy (non-hydrogen) atoms. The van der Waals surface area contributed by atoms with Crippen molar-refractivity contribution in [3.63, 3.8) is 0 Å². The van der Waals surface area contributed by atoms with E-state index in [1.807, 2.05) is 0 Å². The second-order valence-electron chi connectivity index (χ2n) is 4.47. The molecule has 0 saturated heterocycles. The Morgan fingerprint density at radius 1 is 1.32 bits per heavy atom. The molecule has 0 unspecified atom stereocenters. The molecular formula is C11H18N2O6. The van der Waals surface area contributed by atoms with Crippen LogP contribution in [0.4, 0.5) is 4.79 Å². The first kappa shape index (κ1) is 15.2. The molecule has 0 heterocycles. The minimum absolute atomic E-state index is 0.0288. The van der Waals surface area contributed by atoms with Crippen molar-refractivity contribution in [1.82, 2.24) is 10.6 Å². The van der Waals surface area contributed by atoms with E-state index in [0.717, 1.165) is 0 Å². The third-order valence-electron chi connectivity index (χ3n) is 3.01. The van der Waals surface area contributed by atoms with E-state index < -0.39 is 24.0 Å². The molecule has 2 amide bonds. The van der Waals surface area contributed by atoms with Crippen molar-refractivity contribution in [1.29, 1.82) is 0 Å². The molecule has 8 heteroatoms. The van der Waals surface area contributed by atoms with Gasteiger partial charge in [0.25, 0.3) is 0 Å². The van der Waals surface area contributed by atoms with Crippen LogP contribution in [-0.2, 0) is 14.3 Å². The van der Waals surface area contributed by atoms with Crippen molar-refractivity contribution in [3.05, 3.63) is 0 Å². The van der Waals surface area contributed by atoms with Crippen molar-refractivity contribution in [2.75, 3.05) is 7.11 Å². The minimum atomic E-state index is -1.25. The normalized spacial score (nSPS) is 23.0. The van der Waals surface area contributed by atoms with Crippen molar-refractivity contribution in [3.8, 4) is 0 Å².